The summed E-state index contributed by atoms with van der Waals surface area (Å²) in [5.74, 6) is -1.01. The second kappa shape index (κ2) is 9.12. The van der Waals surface area contributed by atoms with Crippen molar-refractivity contribution in [1.29, 1.82) is 0 Å². The number of hydrogen-bond donors (Lipinski definition) is 1. The van der Waals surface area contributed by atoms with Gasteiger partial charge in [0.15, 0.2) is 0 Å². The molecule has 0 bridgehead atoms. The largest absolute Gasteiger partial charge is 0.467 e. The normalized spacial score (nSPS) is 12.0. The van der Waals surface area contributed by atoms with Crippen LogP contribution in [0, 0.1) is 0 Å². The van der Waals surface area contributed by atoms with Crippen molar-refractivity contribution < 1.29 is 19.2 Å². The van der Waals surface area contributed by atoms with Gasteiger partial charge in [0.2, 0.25) is 0 Å². The molecule has 1 atom stereocenters. The van der Waals surface area contributed by atoms with Gasteiger partial charge in [-0.05, 0) is 30.5 Å². The van der Waals surface area contributed by atoms with Gasteiger partial charge in [-0.3, -0.25) is 4.79 Å². The molecule has 1 amide bonds. The van der Waals surface area contributed by atoms with E-state index in [-0.39, 0.29) is 0 Å². The van der Waals surface area contributed by atoms with Crippen LogP contribution in [0.25, 0.3) is 0 Å². The molecule has 7 heteroatoms. The summed E-state index contributed by atoms with van der Waals surface area (Å²) < 4.78 is 5.65. The molecule has 114 valence electrons. The number of carbonyl (C=O) groups is 2. The first-order valence-corrected chi connectivity index (χ1v) is 7.05. The first kappa shape index (κ1) is 17.2. The Morgan fingerprint density at radius 1 is 1.43 bits per heavy atom. The van der Waals surface area contributed by atoms with Crippen molar-refractivity contribution in [3.63, 3.8) is 0 Å². The van der Waals surface area contributed by atoms with Crippen molar-refractivity contribution in [2.45, 2.75) is 18.9 Å². The van der Waals surface area contributed by atoms with Crippen molar-refractivity contribution in [3.8, 4) is 0 Å². The number of amides is 1. The number of benzene rings is 1. The van der Waals surface area contributed by atoms with E-state index in [1.54, 1.807) is 0 Å². The number of esters is 1. The first-order chi connectivity index (χ1) is 10.1. The van der Waals surface area contributed by atoms with Crippen LogP contribution in [0.3, 0.4) is 0 Å². The Labute approximate surface area is 131 Å². The Bertz CT molecular complexity index is 519. The van der Waals surface area contributed by atoms with E-state index >= 15 is 0 Å². The molecule has 0 fully saturated rings. The van der Waals surface area contributed by atoms with E-state index in [4.69, 9.17) is 4.74 Å². The molecule has 1 aromatic rings. The predicted octanol–water partition coefficient (Wildman–Crippen LogP) is 1.67. The Morgan fingerprint density at radius 2 is 2.19 bits per heavy atom. The van der Waals surface area contributed by atoms with Crippen LogP contribution in [0.5, 0.6) is 0 Å². The molecule has 0 unspecified atom stereocenters. The van der Waals surface area contributed by atoms with Crippen LogP contribution in [-0.4, -0.2) is 38.4 Å². The predicted molar refractivity (Wildman–Crippen MR) is 81.9 cm³/mol. The minimum atomic E-state index is -0.732. The standard InChI is InChI=1S/C14H17BrN2O4/c1-20-14(19)12(17-13(18)9-16-21-2)7-6-10-4-3-5-11(15)8-10/h3-5,8-9,12H,6-7H2,1-2H3,(H,17,18)/b16-9+/t12-/m0/s1. The highest BCUT2D eigenvalue weighted by Crippen LogP contribution is 2.14. The number of aryl methyl sites for hydroxylation is 1. The molecule has 0 saturated heterocycles. The number of rotatable bonds is 7. The molecule has 1 rings (SSSR count). The molecular weight excluding hydrogens is 340 g/mol. The number of nitrogens with zero attached hydrogens (tertiary/aromatic N) is 1. The zero-order valence-electron chi connectivity index (χ0n) is 11.8. The fraction of sp³-hybridized carbons (Fsp3) is 0.357. The van der Waals surface area contributed by atoms with Crippen LogP contribution in [0.4, 0.5) is 0 Å². The Hall–Kier alpha value is -1.89. The number of oxime groups is 1. The molecule has 6 nitrogen and oxygen atoms in total. The second-order valence-electron chi connectivity index (χ2n) is 4.17. The minimum absolute atomic E-state index is 0.426. The van der Waals surface area contributed by atoms with E-state index in [1.807, 2.05) is 24.3 Å². The smallest absolute Gasteiger partial charge is 0.328 e. The van der Waals surface area contributed by atoms with Gasteiger partial charge in [-0.2, -0.15) is 0 Å². The van der Waals surface area contributed by atoms with Crippen LogP contribution >= 0.6 is 15.9 Å². The lowest BCUT2D eigenvalue weighted by Crippen LogP contribution is -2.42. The SMILES string of the molecule is CO/N=C/C(=O)N[C@@H](CCc1cccc(Br)c1)C(=O)OC. The summed E-state index contributed by atoms with van der Waals surface area (Å²) >= 11 is 3.39. The van der Waals surface area contributed by atoms with Gasteiger partial charge in [-0.25, -0.2) is 4.79 Å². The van der Waals surface area contributed by atoms with Crippen LogP contribution < -0.4 is 5.32 Å². The van der Waals surface area contributed by atoms with Gasteiger partial charge in [0, 0.05) is 4.47 Å². The van der Waals surface area contributed by atoms with Crippen LogP contribution in [0.2, 0.25) is 0 Å². The molecule has 0 saturated carbocycles. The molecule has 0 aromatic heterocycles. The Kier molecular flexibility index (Phi) is 7.45. The first-order valence-electron chi connectivity index (χ1n) is 6.26. The van der Waals surface area contributed by atoms with Crippen LogP contribution in [-0.2, 0) is 25.6 Å². The van der Waals surface area contributed by atoms with Gasteiger partial charge in [0.25, 0.3) is 5.91 Å². The molecular formula is C14H17BrN2O4. The summed E-state index contributed by atoms with van der Waals surface area (Å²) in [4.78, 5) is 27.6. The van der Waals surface area contributed by atoms with Gasteiger partial charge in [-0.15, -0.1) is 0 Å². The number of hydrogen-bond acceptors (Lipinski definition) is 5. The van der Waals surface area contributed by atoms with E-state index < -0.39 is 17.9 Å². The van der Waals surface area contributed by atoms with Crippen molar-refractivity contribution in [3.05, 3.63) is 34.3 Å². The molecule has 0 heterocycles. The third-order valence-corrected chi connectivity index (χ3v) is 3.18. The Balaban J connectivity index is 2.64. The third-order valence-electron chi connectivity index (χ3n) is 2.69. The van der Waals surface area contributed by atoms with E-state index in [9.17, 15) is 9.59 Å². The monoisotopic (exact) mass is 356 g/mol. The summed E-state index contributed by atoms with van der Waals surface area (Å²) in [5.41, 5.74) is 1.05. The van der Waals surface area contributed by atoms with E-state index in [2.05, 4.69) is 31.2 Å². The highest BCUT2D eigenvalue weighted by atomic mass is 79.9. The highest BCUT2D eigenvalue weighted by molar-refractivity contribution is 9.10. The average Bonchev–Trinajstić information content (AvgIpc) is 2.48. The van der Waals surface area contributed by atoms with E-state index in [0.717, 1.165) is 16.3 Å². The molecule has 0 aliphatic rings. The summed E-state index contributed by atoms with van der Waals surface area (Å²) in [6.07, 6.45) is 2.02. The summed E-state index contributed by atoms with van der Waals surface area (Å²) in [6, 6.07) is 7.01. The maximum atomic E-state index is 11.7. The number of ether oxygens (including phenoxy) is 1. The molecule has 0 aliphatic carbocycles. The summed E-state index contributed by atoms with van der Waals surface area (Å²) in [5, 5.41) is 5.88. The van der Waals surface area contributed by atoms with Gasteiger partial charge in [0.05, 0.1) is 7.11 Å². The van der Waals surface area contributed by atoms with Gasteiger partial charge < -0.3 is 14.9 Å². The lowest BCUT2D eigenvalue weighted by Gasteiger charge is -2.15. The molecule has 1 aromatic carbocycles. The second-order valence-corrected chi connectivity index (χ2v) is 5.09. The van der Waals surface area contributed by atoms with Crippen molar-refractivity contribution in [1.82, 2.24) is 5.32 Å². The number of carbonyl (C=O) groups excluding carboxylic acids is 2. The highest BCUT2D eigenvalue weighted by Gasteiger charge is 2.20. The third kappa shape index (κ3) is 6.40. The molecule has 0 radical (unpaired) electrons. The van der Waals surface area contributed by atoms with Crippen molar-refractivity contribution in [2.75, 3.05) is 14.2 Å². The van der Waals surface area contributed by atoms with Crippen molar-refractivity contribution in [2.24, 2.45) is 5.16 Å². The zero-order valence-corrected chi connectivity index (χ0v) is 13.4. The van der Waals surface area contributed by atoms with Crippen LogP contribution in [0.1, 0.15) is 12.0 Å². The van der Waals surface area contributed by atoms with Gasteiger partial charge >= 0.3 is 5.97 Å². The summed E-state index contributed by atoms with van der Waals surface area (Å²) in [6.45, 7) is 0. The molecule has 1 N–H and O–H groups in total. The minimum Gasteiger partial charge on any atom is -0.467 e. The quantitative estimate of drug-likeness (QED) is 0.458. The fourth-order valence-electron chi connectivity index (χ4n) is 1.70. The number of nitrogens with one attached hydrogen (secondary N) is 1. The number of halogens is 1. The van der Waals surface area contributed by atoms with Gasteiger partial charge in [0.1, 0.15) is 19.4 Å². The maximum Gasteiger partial charge on any atom is 0.328 e. The average molecular weight is 357 g/mol. The van der Waals surface area contributed by atoms with E-state index in [0.29, 0.717) is 12.8 Å². The Morgan fingerprint density at radius 3 is 2.81 bits per heavy atom. The molecule has 21 heavy (non-hydrogen) atoms. The molecule has 0 spiro atoms. The van der Waals surface area contributed by atoms with Gasteiger partial charge in [-0.1, -0.05) is 33.2 Å². The fourth-order valence-corrected chi connectivity index (χ4v) is 2.15. The lowest BCUT2D eigenvalue weighted by molar-refractivity contribution is -0.144. The maximum absolute atomic E-state index is 11.7. The van der Waals surface area contributed by atoms with Crippen molar-refractivity contribution >= 4 is 34.0 Å². The van der Waals surface area contributed by atoms with Crippen LogP contribution in [0.15, 0.2) is 33.9 Å². The topological polar surface area (TPSA) is 77.0 Å². The summed E-state index contributed by atoms with van der Waals surface area (Å²) in [7, 11) is 2.61. The van der Waals surface area contributed by atoms with E-state index in [1.165, 1.54) is 14.2 Å². The number of methoxy groups -OCH3 is 1. The lowest BCUT2D eigenvalue weighted by atomic mass is 10.1. The molecule has 0 aliphatic heterocycles. The zero-order chi connectivity index (χ0) is 15.7.